The highest BCUT2D eigenvalue weighted by Crippen LogP contribution is 2.18. The molecule has 7 heteroatoms. The third kappa shape index (κ3) is 4.09. The molecule has 7 nitrogen and oxygen atoms in total. The maximum Gasteiger partial charge on any atom is 0.355 e. The standard InChI is InChI=1S/C15H20N2O5/c1-2-21-14(19)11-5-8-17(9-6-11)13(18)10-22-15(20)12-4-3-7-16-12/h3-4,7,11,16H,2,5-6,8-10H2,1H3. The molecule has 0 spiro atoms. The molecule has 0 radical (unpaired) electrons. The average molecular weight is 308 g/mol. The van der Waals surface area contributed by atoms with E-state index in [1.807, 2.05) is 0 Å². The Morgan fingerprint density at radius 2 is 2.00 bits per heavy atom. The van der Waals surface area contributed by atoms with Crippen molar-refractivity contribution in [3.05, 3.63) is 24.0 Å². The zero-order chi connectivity index (χ0) is 15.9. The minimum atomic E-state index is -0.556. The molecule has 1 amide bonds. The molecule has 1 N–H and O–H groups in total. The number of amides is 1. The lowest BCUT2D eigenvalue weighted by molar-refractivity contribution is -0.151. The maximum atomic E-state index is 12.0. The second kappa shape index (κ2) is 7.63. The number of esters is 2. The van der Waals surface area contributed by atoms with Gasteiger partial charge < -0.3 is 19.4 Å². The number of rotatable bonds is 5. The number of piperidine rings is 1. The van der Waals surface area contributed by atoms with Gasteiger partial charge in [-0.2, -0.15) is 0 Å². The number of hydrogen-bond acceptors (Lipinski definition) is 5. The smallest absolute Gasteiger partial charge is 0.355 e. The number of carbonyl (C=O) groups is 3. The van der Waals surface area contributed by atoms with Crippen LogP contribution in [0, 0.1) is 5.92 Å². The van der Waals surface area contributed by atoms with Crippen LogP contribution in [-0.2, 0) is 19.1 Å². The largest absolute Gasteiger partial charge is 0.466 e. The highest BCUT2D eigenvalue weighted by Gasteiger charge is 2.28. The van der Waals surface area contributed by atoms with E-state index in [0.717, 1.165) is 0 Å². The minimum Gasteiger partial charge on any atom is -0.466 e. The second-order valence-corrected chi connectivity index (χ2v) is 5.07. The van der Waals surface area contributed by atoms with Gasteiger partial charge in [-0.15, -0.1) is 0 Å². The summed E-state index contributed by atoms with van der Waals surface area (Å²) in [5.41, 5.74) is 0.314. The molecule has 1 aromatic rings. The zero-order valence-electron chi connectivity index (χ0n) is 12.5. The predicted octanol–water partition coefficient (Wildman–Crippen LogP) is 0.973. The van der Waals surface area contributed by atoms with E-state index in [1.165, 1.54) is 0 Å². The normalized spacial score (nSPS) is 15.4. The van der Waals surface area contributed by atoms with Crippen molar-refractivity contribution in [2.75, 3.05) is 26.3 Å². The van der Waals surface area contributed by atoms with Crippen molar-refractivity contribution < 1.29 is 23.9 Å². The highest BCUT2D eigenvalue weighted by atomic mass is 16.5. The highest BCUT2D eigenvalue weighted by molar-refractivity contribution is 5.89. The Hall–Kier alpha value is -2.31. The van der Waals surface area contributed by atoms with Crippen LogP contribution in [0.2, 0.25) is 0 Å². The van der Waals surface area contributed by atoms with Crippen LogP contribution < -0.4 is 0 Å². The number of likely N-dealkylation sites (tertiary alicyclic amines) is 1. The summed E-state index contributed by atoms with van der Waals surface area (Å²) in [6.07, 6.45) is 2.77. The van der Waals surface area contributed by atoms with E-state index in [1.54, 1.807) is 30.2 Å². The molecular formula is C15H20N2O5. The van der Waals surface area contributed by atoms with Gasteiger partial charge in [0.15, 0.2) is 6.61 Å². The molecule has 1 fully saturated rings. The Kier molecular flexibility index (Phi) is 5.57. The van der Waals surface area contributed by atoms with Crippen LogP contribution in [0.1, 0.15) is 30.3 Å². The van der Waals surface area contributed by atoms with Crippen LogP contribution in [0.5, 0.6) is 0 Å². The van der Waals surface area contributed by atoms with Gasteiger partial charge in [0.2, 0.25) is 0 Å². The summed E-state index contributed by atoms with van der Waals surface area (Å²) in [7, 11) is 0. The number of ether oxygens (including phenoxy) is 2. The lowest BCUT2D eigenvalue weighted by Gasteiger charge is -2.30. The van der Waals surface area contributed by atoms with Crippen molar-refractivity contribution in [3.8, 4) is 0 Å². The Morgan fingerprint density at radius 1 is 1.27 bits per heavy atom. The van der Waals surface area contributed by atoms with E-state index in [9.17, 15) is 14.4 Å². The summed E-state index contributed by atoms with van der Waals surface area (Å²) in [4.78, 5) is 39.6. The van der Waals surface area contributed by atoms with Gasteiger partial charge in [-0.3, -0.25) is 9.59 Å². The van der Waals surface area contributed by atoms with Gasteiger partial charge in [0.25, 0.3) is 5.91 Å². The number of nitrogens with zero attached hydrogens (tertiary/aromatic N) is 1. The Labute approximate surface area is 128 Å². The summed E-state index contributed by atoms with van der Waals surface area (Å²) in [6.45, 7) is 2.80. The van der Waals surface area contributed by atoms with E-state index in [-0.39, 0.29) is 24.4 Å². The Bertz CT molecular complexity index is 518. The van der Waals surface area contributed by atoms with Crippen molar-refractivity contribution in [2.24, 2.45) is 5.92 Å². The molecule has 120 valence electrons. The molecule has 0 unspecified atom stereocenters. The van der Waals surface area contributed by atoms with Crippen LogP contribution in [0.25, 0.3) is 0 Å². The van der Waals surface area contributed by atoms with Crippen molar-refractivity contribution in [3.63, 3.8) is 0 Å². The fraction of sp³-hybridized carbons (Fsp3) is 0.533. The molecule has 0 saturated carbocycles. The number of H-pyrrole nitrogens is 1. The van der Waals surface area contributed by atoms with Gasteiger partial charge in [0, 0.05) is 19.3 Å². The van der Waals surface area contributed by atoms with Crippen molar-refractivity contribution in [1.82, 2.24) is 9.88 Å². The van der Waals surface area contributed by atoms with E-state index in [4.69, 9.17) is 9.47 Å². The van der Waals surface area contributed by atoms with Crippen molar-refractivity contribution in [2.45, 2.75) is 19.8 Å². The summed E-state index contributed by atoms with van der Waals surface area (Å²) >= 11 is 0. The number of aromatic amines is 1. The Morgan fingerprint density at radius 3 is 2.59 bits per heavy atom. The van der Waals surface area contributed by atoms with Gasteiger partial charge in [-0.05, 0) is 31.9 Å². The number of aromatic nitrogens is 1. The topological polar surface area (TPSA) is 88.7 Å². The molecule has 22 heavy (non-hydrogen) atoms. The first-order valence-corrected chi connectivity index (χ1v) is 7.36. The van der Waals surface area contributed by atoms with Crippen LogP contribution in [0.4, 0.5) is 0 Å². The fourth-order valence-electron chi connectivity index (χ4n) is 2.38. The summed E-state index contributed by atoms with van der Waals surface area (Å²) < 4.78 is 9.94. The van der Waals surface area contributed by atoms with Gasteiger partial charge in [-0.1, -0.05) is 0 Å². The SMILES string of the molecule is CCOC(=O)C1CCN(C(=O)COC(=O)c2ccc[nH]2)CC1. The quantitative estimate of drug-likeness (QED) is 0.819. The van der Waals surface area contributed by atoms with Crippen LogP contribution in [0.3, 0.4) is 0 Å². The van der Waals surface area contributed by atoms with E-state index in [0.29, 0.717) is 38.2 Å². The molecular weight excluding hydrogens is 288 g/mol. The molecule has 0 atom stereocenters. The van der Waals surface area contributed by atoms with E-state index >= 15 is 0 Å². The van der Waals surface area contributed by atoms with Crippen LogP contribution in [0.15, 0.2) is 18.3 Å². The molecule has 0 bridgehead atoms. The van der Waals surface area contributed by atoms with Gasteiger partial charge in [0.05, 0.1) is 12.5 Å². The molecule has 1 saturated heterocycles. The maximum absolute atomic E-state index is 12.0. The molecule has 0 aliphatic carbocycles. The molecule has 2 heterocycles. The Balaban J connectivity index is 1.73. The third-order valence-electron chi connectivity index (χ3n) is 3.61. The number of carbonyl (C=O) groups excluding carboxylic acids is 3. The van der Waals surface area contributed by atoms with Crippen LogP contribution >= 0.6 is 0 Å². The number of nitrogens with one attached hydrogen (secondary N) is 1. The lowest BCUT2D eigenvalue weighted by atomic mass is 9.97. The van der Waals surface area contributed by atoms with Gasteiger partial charge in [0.1, 0.15) is 5.69 Å². The van der Waals surface area contributed by atoms with Crippen molar-refractivity contribution >= 4 is 17.8 Å². The predicted molar refractivity (Wildman–Crippen MR) is 77.0 cm³/mol. The van der Waals surface area contributed by atoms with E-state index in [2.05, 4.69) is 4.98 Å². The van der Waals surface area contributed by atoms with Gasteiger partial charge >= 0.3 is 11.9 Å². The zero-order valence-corrected chi connectivity index (χ0v) is 12.5. The number of hydrogen-bond donors (Lipinski definition) is 1. The first kappa shape index (κ1) is 16.1. The van der Waals surface area contributed by atoms with Crippen LogP contribution in [-0.4, -0.2) is 54.0 Å². The van der Waals surface area contributed by atoms with Crippen molar-refractivity contribution in [1.29, 1.82) is 0 Å². The first-order valence-electron chi connectivity index (χ1n) is 7.36. The second-order valence-electron chi connectivity index (χ2n) is 5.07. The summed E-state index contributed by atoms with van der Waals surface area (Å²) in [6, 6.07) is 3.26. The molecule has 1 aliphatic heterocycles. The fourth-order valence-corrected chi connectivity index (χ4v) is 2.38. The minimum absolute atomic E-state index is 0.148. The lowest BCUT2D eigenvalue weighted by Crippen LogP contribution is -2.42. The first-order chi connectivity index (χ1) is 10.6. The molecule has 0 aromatic carbocycles. The van der Waals surface area contributed by atoms with E-state index < -0.39 is 5.97 Å². The molecule has 1 aliphatic rings. The average Bonchev–Trinajstić information content (AvgIpc) is 3.07. The summed E-state index contributed by atoms with van der Waals surface area (Å²) in [5.74, 6) is -1.15. The molecule has 2 rings (SSSR count). The summed E-state index contributed by atoms with van der Waals surface area (Å²) in [5, 5.41) is 0. The molecule has 1 aromatic heterocycles. The van der Waals surface area contributed by atoms with Gasteiger partial charge in [-0.25, -0.2) is 4.79 Å². The monoisotopic (exact) mass is 308 g/mol. The third-order valence-corrected chi connectivity index (χ3v) is 3.61.